The summed E-state index contributed by atoms with van der Waals surface area (Å²) in [5, 5.41) is 17.0. The minimum atomic E-state index is -0.409. The van der Waals surface area contributed by atoms with Gasteiger partial charge in [0.2, 0.25) is 0 Å². The van der Waals surface area contributed by atoms with E-state index in [0.717, 1.165) is 0 Å². The first-order valence-corrected chi connectivity index (χ1v) is 4.46. The summed E-state index contributed by atoms with van der Waals surface area (Å²) in [5.74, 6) is 0. The fourth-order valence-corrected chi connectivity index (χ4v) is 0.953. The third kappa shape index (κ3) is 4.85. The van der Waals surface area contributed by atoms with Crippen molar-refractivity contribution < 1.29 is 29.2 Å². The maximum Gasteiger partial charge on any atom is 0.147 e. The van der Waals surface area contributed by atoms with E-state index in [9.17, 15) is 0 Å². The van der Waals surface area contributed by atoms with E-state index in [-0.39, 0.29) is 12.7 Å². The Kier molecular flexibility index (Phi) is 6.00. The van der Waals surface area contributed by atoms with Crippen LogP contribution in [0.5, 0.6) is 0 Å². The van der Waals surface area contributed by atoms with E-state index in [4.69, 9.17) is 29.2 Å². The number of hydrogen-bond donors (Lipinski definition) is 2. The lowest BCUT2D eigenvalue weighted by atomic mass is 10.4. The lowest BCUT2D eigenvalue weighted by molar-refractivity contribution is -0.150. The van der Waals surface area contributed by atoms with Crippen molar-refractivity contribution in [1.29, 1.82) is 0 Å². The molecule has 0 unspecified atom stereocenters. The quantitative estimate of drug-likeness (QED) is 0.558. The van der Waals surface area contributed by atoms with Crippen LogP contribution in [0.25, 0.3) is 0 Å². The molecule has 0 aromatic heterocycles. The summed E-state index contributed by atoms with van der Waals surface area (Å²) in [6.45, 7) is 2.11. The summed E-state index contributed by atoms with van der Waals surface area (Å²) in [5.41, 5.74) is 0. The van der Waals surface area contributed by atoms with Gasteiger partial charge in [-0.05, 0) is 0 Å². The Labute approximate surface area is 82.3 Å². The minimum absolute atomic E-state index is 0.0694. The van der Waals surface area contributed by atoms with Gasteiger partial charge in [-0.2, -0.15) is 0 Å². The van der Waals surface area contributed by atoms with E-state index in [2.05, 4.69) is 0 Å². The van der Waals surface area contributed by atoms with E-state index in [1.165, 1.54) is 0 Å². The molecule has 2 N–H and O–H groups in total. The minimum Gasteiger partial charge on any atom is -0.394 e. The van der Waals surface area contributed by atoms with Gasteiger partial charge in [-0.15, -0.1) is 0 Å². The average molecular weight is 208 g/mol. The van der Waals surface area contributed by atoms with Crippen LogP contribution >= 0.6 is 0 Å². The lowest BCUT2D eigenvalue weighted by Gasteiger charge is -2.16. The highest BCUT2D eigenvalue weighted by Gasteiger charge is 2.13. The van der Waals surface area contributed by atoms with Gasteiger partial charge < -0.3 is 29.2 Å². The molecule has 2 saturated heterocycles. The van der Waals surface area contributed by atoms with Crippen molar-refractivity contribution in [3.8, 4) is 0 Å². The Morgan fingerprint density at radius 1 is 1.00 bits per heavy atom. The van der Waals surface area contributed by atoms with E-state index in [1.807, 2.05) is 0 Å². The van der Waals surface area contributed by atoms with Crippen LogP contribution < -0.4 is 0 Å². The Morgan fingerprint density at radius 3 is 1.93 bits per heavy atom. The summed E-state index contributed by atoms with van der Waals surface area (Å²) < 4.78 is 19.0. The Hall–Kier alpha value is -0.240. The number of aliphatic hydroxyl groups is 2. The molecule has 0 amide bonds. The topological polar surface area (TPSA) is 77.4 Å². The molecule has 14 heavy (non-hydrogen) atoms. The molecule has 0 spiro atoms. The van der Waals surface area contributed by atoms with Crippen LogP contribution in [0.2, 0.25) is 0 Å². The van der Waals surface area contributed by atoms with Gasteiger partial charge in [-0.1, -0.05) is 0 Å². The fourth-order valence-electron chi connectivity index (χ4n) is 0.953. The molecule has 2 fully saturated rings. The Morgan fingerprint density at radius 2 is 1.64 bits per heavy atom. The molecule has 84 valence electrons. The zero-order valence-corrected chi connectivity index (χ0v) is 7.92. The number of hydrogen-bond acceptors (Lipinski definition) is 6. The van der Waals surface area contributed by atoms with Gasteiger partial charge in [0, 0.05) is 0 Å². The average Bonchev–Trinajstić information content (AvgIpc) is 2.72. The number of rotatable bonds is 1. The zero-order valence-electron chi connectivity index (χ0n) is 7.92. The zero-order chi connectivity index (χ0) is 10.2. The fraction of sp³-hybridized carbons (Fsp3) is 1.00. The normalized spacial score (nSPS) is 28.3. The van der Waals surface area contributed by atoms with Gasteiger partial charge in [0.1, 0.15) is 25.8 Å². The van der Waals surface area contributed by atoms with Crippen molar-refractivity contribution in [3.05, 3.63) is 0 Å². The van der Waals surface area contributed by atoms with Crippen LogP contribution in [-0.2, 0) is 18.9 Å². The van der Waals surface area contributed by atoms with Crippen molar-refractivity contribution in [2.75, 3.05) is 40.0 Å². The standard InChI is InChI=1S/2C4H8O3/c5-4-1-6-3-7-2-4;5-1-4-2-6-3-7-4/h2*4-5H,1-3H2/t;4-/m.0/s1. The molecule has 1 atom stereocenters. The monoisotopic (exact) mass is 208 g/mol. The molecule has 2 aliphatic heterocycles. The van der Waals surface area contributed by atoms with Gasteiger partial charge in [0.05, 0.1) is 26.4 Å². The van der Waals surface area contributed by atoms with Gasteiger partial charge in [0.15, 0.2) is 0 Å². The molecule has 6 nitrogen and oxygen atoms in total. The summed E-state index contributed by atoms with van der Waals surface area (Å²) in [6.07, 6.45) is -0.478. The Bertz CT molecular complexity index is 130. The van der Waals surface area contributed by atoms with Crippen LogP contribution in [-0.4, -0.2) is 62.4 Å². The third-order valence-electron chi connectivity index (χ3n) is 1.68. The molecular weight excluding hydrogens is 192 g/mol. The molecule has 2 aliphatic rings. The second-order valence-electron chi connectivity index (χ2n) is 2.97. The molecular formula is C8H16O6. The summed E-state index contributed by atoms with van der Waals surface area (Å²) >= 11 is 0. The highest BCUT2D eigenvalue weighted by atomic mass is 16.7. The van der Waals surface area contributed by atoms with Crippen LogP contribution in [0.4, 0.5) is 0 Å². The Balaban J connectivity index is 0.000000140. The van der Waals surface area contributed by atoms with Gasteiger partial charge in [-0.3, -0.25) is 0 Å². The molecule has 0 aromatic rings. The largest absolute Gasteiger partial charge is 0.394 e. The van der Waals surface area contributed by atoms with Gasteiger partial charge in [-0.25, -0.2) is 0 Å². The van der Waals surface area contributed by atoms with Crippen LogP contribution in [0.1, 0.15) is 0 Å². The van der Waals surface area contributed by atoms with E-state index < -0.39 is 6.10 Å². The predicted octanol–water partition coefficient (Wildman–Crippen LogP) is -1.30. The first-order chi connectivity index (χ1) is 6.83. The lowest BCUT2D eigenvalue weighted by Crippen LogP contribution is -2.28. The molecule has 0 bridgehead atoms. The molecule has 0 aliphatic carbocycles. The van der Waals surface area contributed by atoms with Crippen LogP contribution in [0, 0.1) is 0 Å². The highest BCUT2D eigenvalue weighted by Crippen LogP contribution is 1.99. The first-order valence-electron chi connectivity index (χ1n) is 4.46. The molecule has 0 saturated carbocycles. The smallest absolute Gasteiger partial charge is 0.147 e. The maximum absolute atomic E-state index is 8.66. The summed E-state index contributed by atoms with van der Waals surface area (Å²) in [7, 11) is 0. The van der Waals surface area contributed by atoms with E-state index in [0.29, 0.717) is 33.4 Å². The van der Waals surface area contributed by atoms with Crippen molar-refractivity contribution in [2.24, 2.45) is 0 Å². The van der Waals surface area contributed by atoms with Crippen molar-refractivity contribution in [2.45, 2.75) is 12.2 Å². The summed E-state index contributed by atoms with van der Waals surface area (Å²) in [6, 6.07) is 0. The van der Waals surface area contributed by atoms with Crippen molar-refractivity contribution in [3.63, 3.8) is 0 Å². The van der Waals surface area contributed by atoms with Crippen LogP contribution in [0.3, 0.4) is 0 Å². The van der Waals surface area contributed by atoms with E-state index >= 15 is 0 Å². The SMILES string of the molecule is OC1COCOC1.OC[C@H]1COCO1. The van der Waals surface area contributed by atoms with Crippen LogP contribution in [0.15, 0.2) is 0 Å². The number of ether oxygens (including phenoxy) is 4. The third-order valence-corrected chi connectivity index (χ3v) is 1.68. The van der Waals surface area contributed by atoms with Crippen molar-refractivity contribution in [1.82, 2.24) is 0 Å². The first kappa shape index (κ1) is 11.8. The number of aliphatic hydroxyl groups excluding tert-OH is 2. The van der Waals surface area contributed by atoms with E-state index in [1.54, 1.807) is 0 Å². The summed E-state index contributed by atoms with van der Waals surface area (Å²) in [4.78, 5) is 0. The van der Waals surface area contributed by atoms with Gasteiger partial charge in [0.25, 0.3) is 0 Å². The highest BCUT2D eigenvalue weighted by molar-refractivity contribution is 4.55. The molecule has 0 aromatic carbocycles. The molecule has 6 heteroatoms. The second-order valence-corrected chi connectivity index (χ2v) is 2.97. The second kappa shape index (κ2) is 7.10. The van der Waals surface area contributed by atoms with Gasteiger partial charge >= 0.3 is 0 Å². The maximum atomic E-state index is 8.66. The van der Waals surface area contributed by atoms with Crippen molar-refractivity contribution >= 4 is 0 Å². The molecule has 2 rings (SSSR count). The molecule has 2 heterocycles. The molecule has 0 radical (unpaired) electrons. The predicted molar refractivity (Wildman–Crippen MR) is 45.6 cm³/mol.